The molecule has 30 heavy (non-hydrogen) atoms. The van der Waals surface area contributed by atoms with Crippen LogP contribution in [0.5, 0.6) is 11.5 Å². The van der Waals surface area contributed by atoms with Crippen LogP contribution in [-0.2, 0) is 0 Å². The van der Waals surface area contributed by atoms with E-state index in [4.69, 9.17) is 13.9 Å². The summed E-state index contributed by atoms with van der Waals surface area (Å²) in [4.78, 5) is 12.7. The Labute approximate surface area is 173 Å². The van der Waals surface area contributed by atoms with E-state index in [-0.39, 0.29) is 11.8 Å². The number of methoxy groups -OCH3 is 2. The molecule has 1 N–H and O–H groups in total. The average molecular weight is 401 g/mol. The number of amides is 1. The zero-order valence-electron chi connectivity index (χ0n) is 16.5. The molecule has 7 nitrogen and oxygen atoms in total. The number of hydrogen-bond acceptors (Lipinski definition) is 6. The topological polar surface area (TPSA) is 86.5 Å². The van der Waals surface area contributed by atoms with Gasteiger partial charge in [0.15, 0.2) is 0 Å². The fraction of sp³-hybridized carbons (Fsp3) is 0.0870. The quantitative estimate of drug-likeness (QED) is 0.505. The fourth-order valence-corrected chi connectivity index (χ4v) is 2.90. The first-order valence-corrected chi connectivity index (χ1v) is 9.20. The Hall–Kier alpha value is -4.13. The zero-order chi connectivity index (χ0) is 20.9. The van der Waals surface area contributed by atoms with Crippen LogP contribution < -0.4 is 14.8 Å². The maximum absolute atomic E-state index is 12.7. The lowest BCUT2D eigenvalue weighted by Gasteiger charge is -2.11. The first-order chi connectivity index (χ1) is 14.7. The van der Waals surface area contributed by atoms with Crippen LogP contribution in [0, 0.1) is 0 Å². The number of nitrogens with zero attached hydrogens (tertiary/aromatic N) is 2. The predicted molar refractivity (Wildman–Crippen MR) is 113 cm³/mol. The summed E-state index contributed by atoms with van der Waals surface area (Å²) in [5, 5.41) is 11.2. The molecular formula is C23H19N3O4. The summed E-state index contributed by atoms with van der Waals surface area (Å²) < 4.78 is 16.3. The monoisotopic (exact) mass is 401 g/mol. The van der Waals surface area contributed by atoms with Gasteiger partial charge in [0.25, 0.3) is 5.91 Å². The zero-order valence-corrected chi connectivity index (χ0v) is 16.5. The van der Waals surface area contributed by atoms with Gasteiger partial charge in [-0.05, 0) is 54.6 Å². The fourth-order valence-electron chi connectivity index (χ4n) is 2.90. The van der Waals surface area contributed by atoms with Crippen LogP contribution in [-0.4, -0.2) is 30.3 Å². The van der Waals surface area contributed by atoms with Crippen molar-refractivity contribution in [2.24, 2.45) is 0 Å². The number of benzene rings is 3. The molecule has 0 aliphatic heterocycles. The minimum absolute atomic E-state index is 0.271. The molecule has 0 unspecified atom stereocenters. The molecule has 0 bridgehead atoms. The van der Waals surface area contributed by atoms with Crippen molar-refractivity contribution in [3.63, 3.8) is 0 Å². The molecule has 1 aromatic heterocycles. The Morgan fingerprint density at radius 1 is 0.833 bits per heavy atom. The molecule has 7 heteroatoms. The van der Waals surface area contributed by atoms with Gasteiger partial charge >= 0.3 is 0 Å². The highest BCUT2D eigenvalue weighted by atomic mass is 16.5. The summed E-state index contributed by atoms with van der Waals surface area (Å²) in [7, 11) is 3.14. The Morgan fingerprint density at radius 2 is 1.50 bits per heavy atom. The predicted octanol–water partition coefficient (Wildman–Crippen LogP) is 4.67. The number of hydrogen-bond donors (Lipinski definition) is 1. The van der Waals surface area contributed by atoms with Crippen molar-refractivity contribution in [2.45, 2.75) is 0 Å². The maximum Gasteiger partial charge on any atom is 0.255 e. The van der Waals surface area contributed by atoms with E-state index in [0.29, 0.717) is 34.2 Å². The molecule has 0 saturated heterocycles. The standard InChI is InChI=1S/C23H19N3O4/c1-28-17-10-8-15(9-11-17)21(27)24-20-13-12-18(29-2)14-19(20)23-26-25-22(30-23)16-6-4-3-5-7-16/h3-14H,1-2H3,(H,24,27). The Morgan fingerprint density at radius 3 is 2.20 bits per heavy atom. The van der Waals surface area contributed by atoms with Crippen LogP contribution in [0.15, 0.2) is 77.2 Å². The van der Waals surface area contributed by atoms with Crippen LogP contribution in [0.3, 0.4) is 0 Å². The van der Waals surface area contributed by atoms with Crippen LogP contribution >= 0.6 is 0 Å². The molecule has 3 aromatic carbocycles. The van der Waals surface area contributed by atoms with Crippen LogP contribution in [0.4, 0.5) is 5.69 Å². The molecule has 0 saturated carbocycles. The number of nitrogens with one attached hydrogen (secondary N) is 1. The largest absolute Gasteiger partial charge is 0.497 e. The Balaban J connectivity index is 1.66. The highest BCUT2D eigenvalue weighted by molar-refractivity contribution is 6.06. The van der Waals surface area contributed by atoms with Crippen molar-refractivity contribution in [2.75, 3.05) is 19.5 Å². The number of ether oxygens (including phenoxy) is 2. The van der Waals surface area contributed by atoms with Crippen LogP contribution in [0.2, 0.25) is 0 Å². The van der Waals surface area contributed by atoms with Crippen molar-refractivity contribution in [1.29, 1.82) is 0 Å². The molecule has 0 aliphatic carbocycles. The van der Waals surface area contributed by atoms with Gasteiger partial charge in [0.2, 0.25) is 11.8 Å². The summed E-state index contributed by atoms with van der Waals surface area (Å²) >= 11 is 0. The summed E-state index contributed by atoms with van der Waals surface area (Å²) in [5.41, 5.74) is 2.39. The molecule has 0 fully saturated rings. The third-order valence-electron chi connectivity index (χ3n) is 4.50. The molecule has 0 atom stereocenters. The molecule has 0 aliphatic rings. The minimum Gasteiger partial charge on any atom is -0.497 e. The number of aromatic nitrogens is 2. The van der Waals surface area contributed by atoms with Crippen LogP contribution in [0.25, 0.3) is 22.9 Å². The first-order valence-electron chi connectivity index (χ1n) is 9.20. The molecule has 0 radical (unpaired) electrons. The van der Waals surface area contributed by atoms with Crippen molar-refractivity contribution in [1.82, 2.24) is 10.2 Å². The third-order valence-corrected chi connectivity index (χ3v) is 4.50. The Bertz CT molecular complexity index is 1150. The van der Waals surface area contributed by atoms with Crippen molar-refractivity contribution in [3.8, 4) is 34.4 Å². The lowest BCUT2D eigenvalue weighted by molar-refractivity contribution is 0.102. The molecule has 4 aromatic rings. The van der Waals surface area contributed by atoms with Gasteiger partial charge in [-0.15, -0.1) is 10.2 Å². The molecular weight excluding hydrogens is 382 g/mol. The van der Waals surface area contributed by atoms with Crippen molar-refractivity contribution in [3.05, 3.63) is 78.4 Å². The van der Waals surface area contributed by atoms with E-state index in [2.05, 4.69) is 15.5 Å². The smallest absolute Gasteiger partial charge is 0.255 e. The SMILES string of the molecule is COc1ccc(C(=O)Nc2ccc(OC)cc2-c2nnc(-c3ccccc3)o2)cc1. The van der Waals surface area contributed by atoms with Crippen molar-refractivity contribution < 1.29 is 18.7 Å². The third kappa shape index (κ3) is 4.00. The van der Waals surface area contributed by atoms with Gasteiger partial charge < -0.3 is 19.2 Å². The lowest BCUT2D eigenvalue weighted by atomic mass is 10.1. The van der Waals surface area contributed by atoms with E-state index in [1.165, 1.54) is 0 Å². The van der Waals surface area contributed by atoms with E-state index in [9.17, 15) is 4.79 Å². The van der Waals surface area contributed by atoms with E-state index in [1.807, 2.05) is 30.3 Å². The molecule has 4 rings (SSSR count). The van der Waals surface area contributed by atoms with Gasteiger partial charge in [0.1, 0.15) is 11.5 Å². The normalized spacial score (nSPS) is 10.5. The summed E-state index contributed by atoms with van der Waals surface area (Å²) in [6, 6.07) is 21.5. The molecule has 0 spiro atoms. The van der Waals surface area contributed by atoms with E-state index in [0.717, 1.165) is 5.56 Å². The van der Waals surface area contributed by atoms with Crippen molar-refractivity contribution >= 4 is 11.6 Å². The second kappa shape index (κ2) is 8.48. The number of carbonyl (C=O) groups excluding carboxylic acids is 1. The van der Waals surface area contributed by atoms with E-state index >= 15 is 0 Å². The molecule has 150 valence electrons. The van der Waals surface area contributed by atoms with Gasteiger partial charge in [-0.1, -0.05) is 18.2 Å². The van der Waals surface area contributed by atoms with Gasteiger partial charge in [-0.2, -0.15) is 0 Å². The van der Waals surface area contributed by atoms with Gasteiger partial charge in [0.05, 0.1) is 25.5 Å². The summed E-state index contributed by atoms with van der Waals surface area (Å²) in [6.45, 7) is 0. The summed E-state index contributed by atoms with van der Waals surface area (Å²) in [5.74, 6) is 1.67. The summed E-state index contributed by atoms with van der Waals surface area (Å²) in [6.07, 6.45) is 0. The lowest BCUT2D eigenvalue weighted by Crippen LogP contribution is -2.12. The number of anilines is 1. The van der Waals surface area contributed by atoms with E-state index < -0.39 is 0 Å². The van der Waals surface area contributed by atoms with Gasteiger partial charge in [-0.25, -0.2) is 0 Å². The minimum atomic E-state index is -0.271. The Kier molecular flexibility index (Phi) is 5.43. The highest BCUT2D eigenvalue weighted by Crippen LogP contribution is 2.33. The van der Waals surface area contributed by atoms with E-state index in [1.54, 1.807) is 56.7 Å². The van der Waals surface area contributed by atoms with Gasteiger partial charge in [-0.3, -0.25) is 4.79 Å². The average Bonchev–Trinajstić information content (AvgIpc) is 3.30. The first kappa shape index (κ1) is 19.2. The van der Waals surface area contributed by atoms with Gasteiger partial charge in [0, 0.05) is 11.1 Å². The number of rotatable bonds is 6. The second-order valence-electron chi connectivity index (χ2n) is 6.37. The maximum atomic E-state index is 12.7. The highest BCUT2D eigenvalue weighted by Gasteiger charge is 2.17. The second-order valence-corrected chi connectivity index (χ2v) is 6.37. The van der Waals surface area contributed by atoms with Crippen LogP contribution in [0.1, 0.15) is 10.4 Å². The molecule has 1 amide bonds. The number of carbonyl (C=O) groups is 1. The molecule has 1 heterocycles.